The minimum Gasteiger partial charge on any atom is -0.393 e. The maximum atomic E-state index is 12.3. The number of aliphatic hydroxyl groups is 9. The summed E-state index contributed by atoms with van der Waals surface area (Å²) in [6.07, 6.45) is -4.93. The highest BCUT2D eigenvalue weighted by Gasteiger charge is 2.69. The molecular weight excluding hydrogens is 688 g/mol. The Morgan fingerprint density at radius 2 is 1.47 bits per heavy atom. The smallest absolute Gasteiger partial charge is 0.187 e. The first-order chi connectivity index (χ1) is 24.8. The molecule has 2 aliphatic heterocycles. The molecule has 4 saturated carbocycles. The van der Waals surface area contributed by atoms with Gasteiger partial charge in [0.25, 0.3) is 0 Å². The van der Waals surface area contributed by atoms with Gasteiger partial charge in [0.15, 0.2) is 12.6 Å². The van der Waals surface area contributed by atoms with Crippen LogP contribution in [0.3, 0.4) is 0 Å². The molecule has 19 unspecified atom stereocenters. The van der Waals surface area contributed by atoms with Crippen LogP contribution in [0.25, 0.3) is 0 Å². The van der Waals surface area contributed by atoms with E-state index in [0.29, 0.717) is 37.0 Å². The van der Waals surface area contributed by atoms with Crippen molar-refractivity contribution < 1.29 is 64.9 Å². The molecule has 2 heterocycles. The van der Waals surface area contributed by atoms with Crippen LogP contribution >= 0.6 is 0 Å². The van der Waals surface area contributed by atoms with Gasteiger partial charge in [-0.25, -0.2) is 0 Å². The summed E-state index contributed by atoms with van der Waals surface area (Å²) in [4.78, 5) is 0. The average molecular weight is 757 g/mol. The van der Waals surface area contributed by atoms with Crippen molar-refractivity contribution in [3.8, 4) is 0 Å². The first-order valence-corrected chi connectivity index (χ1v) is 20.1. The second-order valence-electron chi connectivity index (χ2n) is 18.9. The van der Waals surface area contributed by atoms with E-state index >= 15 is 0 Å². The van der Waals surface area contributed by atoms with E-state index in [4.69, 9.17) is 18.9 Å². The summed E-state index contributed by atoms with van der Waals surface area (Å²) in [7, 11) is 0. The summed E-state index contributed by atoms with van der Waals surface area (Å²) in [5, 5.41) is 96.4. The predicted molar refractivity (Wildman–Crippen MR) is 192 cm³/mol. The van der Waals surface area contributed by atoms with Gasteiger partial charge in [0.1, 0.15) is 42.7 Å². The third-order valence-corrected chi connectivity index (χ3v) is 15.9. The monoisotopic (exact) mass is 756 g/mol. The van der Waals surface area contributed by atoms with Crippen molar-refractivity contribution in [3.63, 3.8) is 0 Å². The summed E-state index contributed by atoms with van der Waals surface area (Å²) in [5.74, 6) is 0.870. The quantitative estimate of drug-likeness (QED) is 0.144. The lowest BCUT2D eigenvalue weighted by molar-refractivity contribution is -0.345. The van der Waals surface area contributed by atoms with Gasteiger partial charge in [0.05, 0.1) is 37.6 Å². The van der Waals surface area contributed by atoms with Gasteiger partial charge in [-0.15, -0.1) is 0 Å². The zero-order chi connectivity index (χ0) is 38.8. The average Bonchev–Trinajstić information content (AvgIpc) is 3.50. The van der Waals surface area contributed by atoms with E-state index < -0.39 is 67.0 Å². The fourth-order valence-electron chi connectivity index (χ4n) is 12.3. The summed E-state index contributed by atoms with van der Waals surface area (Å²) < 4.78 is 24.0. The van der Waals surface area contributed by atoms with E-state index in [1.165, 1.54) is 0 Å². The molecule has 13 heteroatoms. The van der Waals surface area contributed by atoms with E-state index in [0.717, 1.165) is 44.1 Å². The molecule has 0 aromatic carbocycles. The first-order valence-electron chi connectivity index (χ1n) is 20.1. The number of allylic oxidation sites excluding steroid dienone is 1. The Hall–Kier alpha value is -0.780. The number of ether oxygens (including phenoxy) is 4. The molecule has 306 valence electrons. The van der Waals surface area contributed by atoms with Crippen LogP contribution in [0.15, 0.2) is 11.6 Å². The maximum absolute atomic E-state index is 12.3. The Kier molecular flexibility index (Phi) is 12.3. The highest BCUT2D eigenvalue weighted by atomic mass is 16.7. The Bertz CT molecular complexity index is 1300. The molecule has 0 spiro atoms. The molecule has 9 N–H and O–H groups in total. The molecule has 0 bridgehead atoms. The molecule has 2 saturated heterocycles. The molecular formula is C40H68O13. The normalized spacial score (nSPS) is 51.2. The molecule has 6 fully saturated rings. The van der Waals surface area contributed by atoms with Gasteiger partial charge in [0.2, 0.25) is 0 Å². The Balaban J connectivity index is 1.25. The topological polar surface area (TPSA) is 219 Å². The zero-order valence-corrected chi connectivity index (χ0v) is 32.5. The van der Waals surface area contributed by atoms with Crippen LogP contribution in [0.4, 0.5) is 0 Å². The standard InChI is InChI=1S/C40H68O13/c1-20(17-41)8-7-13-40(6,53-36-34(49)32(47)31(46)27(52-36)19-51-35-33(48)30(45)26(43)18-50-35)23-12-15-39(5)29(23)25(42)16-24-21-9-10-28(44)37(2,3)22(21)11-14-38(24,39)4/h8,21-36,41-49H,7,9-19H2,1-6H3. The van der Waals surface area contributed by atoms with Crippen molar-refractivity contribution in [2.45, 2.75) is 172 Å². The van der Waals surface area contributed by atoms with Crippen molar-refractivity contribution >= 4 is 0 Å². The van der Waals surface area contributed by atoms with Crippen molar-refractivity contribution in [2.24, 2.45) is 45.8 Å². The molecule has 4 aliphatic carbocycles. The summed E-state index contributed by atoms with van der Waals surface area (Å²) in [5.41, 5.74) is -0.604. The van der Waals surface area contributed by atoms with Crippen LogP contribution < -0.4 is 0 Å². The van der Waals surface area contributed by atoms with Gasteiger partial charge in [0, 0.05) is 0 Å². The van der Waals surface area contributed by atoms with Gasteiger partial charge >= 0.3 is 0 Å². The SMILES string of the molecule is CC(=CCCC(C)(OC1OC(COC2OCC(O)C(O)C2O)C(O)C(O)C1O)C1CCC2(C)C1C(O)CC1C3CCC(O)C(C)(C)C3CCC12C)CO. The van der Waals surface area contributed by atoms with Crippen LogP contribution in [0.2, 0.25) is 0 Å². The number of aliphatic hydroxyl groups excluding tert-OH is 9. The van der Waals surface area contributed by atoms with Crippen molar-refractivity contribution in [1.29, 1.82) is 0 Å². The lowest BCUT2D eigenvalue weighted by atomic mass is 9.39. The van der Waals surface area contributed by atoms with Crippen LogP contribution in [-0.4, -0.2) is 139 Å². The van der Waals surface area contributed by atoms with Crippen LogP contribution in [0.5, 0.6) is 0 Å². The molecule has 0 aromatic heterocycles. The summed E-state index contributed by atoms with van der Waals surface area (Å²) in [6.45, 7) is 12.3. The molecule has 0 radical (unpaired) electrons. The van der Waals surface area contributed by atoms with Crippen molar-refractivity contribution in [1.82, 2.24) is 0 Å². The first kappa shape index (κ1) is 41.8. The Labute approximate surface area is 314 Å². The highest BCUT2D eigenvalue weighted by Crippen LogP contribution is 2.73. The van der Waals surface area contributed by atoms with Gasteiger partial charge in [-0.05, 0) is 117 Å². The summed E-state index contributed by atoms with van der Waals surface area (Å²) in [6, 6.07) is 0. The largest absolute Gasteiger partial charge is 0.393 e. The lowest BCUT2D eigenvalue weighted by Crippen LogP contribution is -2.64. The Morgan fingerprint density at radius 3 is 2.17 bits per heavy atom. The fourth-order valence-corrected chi connectivity index (χ4v) is 12.3. The lowest BCUT2D eigenvalue weighted by Gasteiger charge is -2.67. The third-order valence-electron chi connectivity index (χ3n) is 15.9. The molecule has 0 aromatic rings. The molecule has 19 atom stereocenters. The molecule has 13 nitrogen and oxygen atoms in total. The minimum atomic E-state index is -1.66. The van der Waals surface area contributed by atoms with Crippen LogP contribution in [0.1, 0.15) is 99.3 Å². The second kappa shape index (κ2) is 15.5. The number of fused-ring (bicyclic) bond motifs is 5. The molecule has 53 heavy (non-hydrogen) atoms. The molecule has 6 rings (SSSR count). The summed E-state index contributed by atoms with van der Waals surface area (Å²) >= 11 is 0. The van der Waals surface area contributed by atoms with Crippen LogP contribution in [0, 0.1) is 45.8 Å². The van der Waals surface area contributed by atoms with Gasteiger partial charge in [-0.3, -0.25) is 0 Å². The van der Waals surface area contributed by atoms with Crippen LogP contribution in [-0.2, 0) is 18.9 Å². The van der Waals surface area contributed by atoms with E-state index in [1.807, 2.05) is 19.9 Å². The van der Waals surface area contributed by atoms with E-state index in [-0.39, 0.29) is 54.0 Å². The van der Waals surface area contributed by atoms with E-state index in [9.17, 15) is 46.0 Å². The fraction of sp³-hybridized carbons (Fsp3) is 0.950. The minimum absolute atomic E-state index is 0.0432. The van der Waals surface area contributed by atoms with Crippen molar-refractivity contribution in [3.05, 3.63) is 11.6 Å². The van der Waals surface area contributed by atoms with Gasteiger partial charge in [-0.1, -0.05) is 39.3 Å². The molecule has 6 aliphatic rings. The number of hydrogen-bond acceptors (Lipinski definition) is 13. The number of hydrogen-bond donors (Lipinski definition) is 9. The predicted octanol–water partition coefficient (Wildman–Crippen LogP) is 1.37. The van der Waals surface area contributed by atoms with Gasteiger partial charge in [-0.2, -0.15) is 0 Å². The van der Waals surface area contributed by atoms with Gasteiger partial charge < -0.3 is 64.9 Å². The molecule has 0 amide bonds. The highest BCUT2D eigenvalue weighted by molar-refractivity contribution is 5.18. The van der Waals surface area contributed by atoms with E-state index in [1.54, 1.807) is 0 Å². The van der Waals surface area contributed by atoms with Crippen molar-refractivity contribution in [2.75, 3.05) is 19.8 Å². The maximum Gasteiger partial charge on any atom is 0.187 e. The third kappa shape index (κ3) is 7.21. The van der Waals surface area contributed by atoms with E-state index in [2.05, 4.69) is 27.7 Å². The zero-order valence-electron chi connectivity index (χ0n) is 32.5. The number of rotatable bonds is 10. The second-order valence-corrected chi connectivity index (χ2v) is 18.9. The Morgan fingerprint density at radius 1 is 0.792 bits per heavy atom.